The Hall–Kier alpha value is -1.18. The van der Waals surface area contributed by atoms with Crippen molar-refractivity contribution in [2.24, 2.45) is 0 Å². The molecule has 0 saturated carbocycles. The molecule has 0 spiro atoms. The highest BCUT2D eigenvalue weighted by Crippen LogP contribution is 2.29. The highest BCUT2D eigenvalue weighted by atomic mass is 19.1. The van der Waals surface area contributed by atoms with Crippen molar-refractivity contribution >= 4 is 0 Å². The van der Waals surface area contributed by atoms with Crippen molar-refractivity contribution in [1.29, 1.82) is 0 Å². The zero-order valence-corrected chi connectivity index (χ0v) is 8.48. The second-order valence-electron chi connectivity index (χ2n) is 3.63. The van der Waals surface area contributed by atoms with Crippen LogP contribution in [0.1, 0.15) is 25.8 Å². The van der Waals surface area contributed by atoms with Crippen LogP contribution in [0.2, 0.25) is 0 Å². The molecule has 0 aliphatic carbocycles. The second-order valence-corrected chi connectivity index (χ2v) is 3.63. The molecule has 0 aromatic heterocycles. The molecule has 0 nitrogen and oxygen atoms in total. The standard InChI is InChI=1S/C12H14F2/c1-4-12(3,5-2)9-6-10(13)8-11(14)7-9/h4,6-8H,1,5H2,2-3H3. The van der Waals surface area contributed by atoms with Gasteiger partial charge in [0.05, 0.1) is 0 Å². The monoisotopic (exact) mass is 196 g/mol. The zero-order valence-electron chi connectivity index (χ0n) is 8.48. The maximum Gasteiger partial charge on any atom is 0.126 e. The van der Waals surface area contributed by atoms with E-state index in [1.807, 2.05) is 13.8 Å². The Morgan fingerprint density at radius 3 is 2.14 bits per heavy atom. The molecule has 1 rings (SSSR count). The summed E-state index contributed by atoms with van der Waals surface area (Å²) >= 11 is 0. The minimum Gasteiger partial charge on any atom is -0.207 e. The Morgan fingerprint density at radius 2 is 1.79 bits per heavy atom. The van der Waals surface area contributed by atoms with Crippen LogP contribution in [0, 0.1) is 11.6 Å². The molecule has 1 aromatic rings. The number of hydrogen-bond donors (Lipinski definition) is 0. The first-order chi connectivity index (χ1) is 6.51. The summed E-state index contributed by atoms with van der Waals surface area (Å²) in [6.07, 6.45) is 2.49. The molecular weight excluding hydrogens is 182 g/mol. The summed E-state index contributed by atoms with van der Waals surface area (Å²) in [4.78, 5) is 0. The molecular formula is C12H14F2. The molecule has 0 aliphatic heterocycles. The quantitative estimate of drug-likeness (QED) is 0.645. The summed E-state index contributed by atoms with van der Waals surface area (Å²) in [5.74, 6) is -1.08. The summed E-state index contributed by atoms with van der Waals surface area (Å²) in [6, 6.07) is 3.59. The Balaban J connectivity index is 3.23. The van der Waals surface area contributed by atoms with Gasteiger partial charge in [0.15, 0.2) is 0 Å². The number of benzene rings is 1. The maximum atomic E-state index is 13.0. The van der Waals surface area contributed by atoms with E-state index in [4.69, 9.17) is 0 Å². The lowest BCUT2D eigenvalue weighted by atomic mass is 9.80. The van der Waals surface area contributed by atoms with Crippen molar-refractivity contribution in [3.63, 3.8) is 0 Å². The number of allylic oxidation sites excluding steroid dienone is 1. The average Bonchev–Trinajstić information content (AvgIpc) is 2.15. The number of rotatable bonds is 3. The van der Waals surface area contributed by atoms with Crippen molar-refractivity contribution in [3.8, 4) is 0 Å². The van der Waals surface area contributed by atoms with E-state index in [0.29, 0.717) is 5.56 Å². The first-order valence-corrected chi connectivity index (χ1v) is 4.62. The van der Waals surface area contributed by atoms with Crippen molar-refractivity contribution in [2.45, 2.75) is 25.7 Å². The average molecular weight is 196 g/mol. The van der Waals surface area contributed by atoms with Crippen LogP contribution in [0.25, 0.3) is 0 Å². The van der Waals surface area contributed by atoms with Gasteiger partial charge in [-0.3, -0.25) is 0 Å². The minimum atomic E-state index is -0.540. The Labute approximate surface area is 83.3 Å². The van der Waals surface area contributed by atoms with E-state index in [0.717, 1.165) is 12.5 Å². The van der Waals surface area contributed by atoms with Crippen molar-refractivity contribution in [2.75, 3.05) is 0 Å². The molecule has 0 saturated heterocycles. The van der Waals surface area contributed by atoms with Crippen LogP contribution in [0.4, 0.5) is 8.78 Å². The van der Waals surface area contributed by atoms with Crippen LogP contribution in [0.3, 0.4) is 0 Å². The summed E-state index contributed by atoms with van der Waals surface area (Å²) in [7, 11) is 0. The molecule has 14 heavy (non-hydrogen) atoms. The molecule has 0 N–H and O–H groups in total. The first-order valence-electron chi connectivity index (χ1n) is 4.62. The van der Waals surface area contributed by atoms with Gasteiger partial charge in [0.25, 0.3) is 0 Å². The van der Waals surface area contributed by atoms with Gasteiger partial charge in [-0.2, -0.15) is 0 Å². The molecule has 0 amide bonds. The largest absolute Gasteiger partial charge is 0.207 e. The van der Waals surface area contributed by atoms with E-state index in [2.05, 4.69) is 6.58 Å². The first kappa shape index (κ1) is 10.9. The van der Waals surface area contributed by atoms with Gasteiger partial charge in [-0.1, -0.05) is 19.9 Å². The van der Waals surface area contributed by atoms with E-state index >= 15 is 0 Å². The van der Waals surface area contributed by atoms with E-state index < -0.39 is 11.6 Å². The SMILES string of the molecule is C=CC(C)(CC)c1cc(F)cc(F)c1. The zero-order chi connectivity index (χ0) is 10.8. The van der Waals surface area contributed by atoms with Gasteiger partial charge in [-0.05, 0) is 24.1 Å². The molecule has 0 heterocycles. The molecule has 1 unspecified atom stereocenters. The van der Waals surface area contributed by atoms with Gasteiger partial charge in [-0.25, -0.2) is 8.78 Å². The predicted molar refractivity (Wildman–Crippen MR) is 54.2 cm³/mol. The third-order valence-corrected chi connectivity index (χ3v) is 2.71. The van der Waals surface area contributed by atoms with Gasteiger partial charge in [-0.15, -0.1) is 6.58 Å². The summed E-state index contributed by atoms with van der Waals surface area (Å²) in [6.45, 7) is 7.57. The van der Waals surface area contributed by atoms with Gasteiger partial charge < -0.3 is 0 Å². The van der Waals surface area contributed by atoms with Crippen molar-refractivity contribution in [3.05, 3.63) is 48.1 Å². The van der Waals surface area contributed by atoms with Crippen LogP contribution >= 0.6 is 0 Å². The van der Waals surface area contributed by atoms with E-state index in [1.165, 1.54) is 12.1 Å². The summed E-state index contributed by atoms with van der Waals surface area (Å²) < 4.78 is 25.9. The predicted octanol–water partition coefficient (Wildman–Crippen LogP) is 3.82. The third kappa shape index (κ3) is 2.00. The topological polar surface area (TPSA) is 0 Å². The van der Waals surface area contributed by atoms with Crippen LogP contribution in [-0.2, 0) is 5.41 Å². The van der Waals surface area contributed by atoms with E-state index in [1.54, 1.807) is 6.08 Å². The molecule has 0 aliphatic rings. The molecule has 0 fully saturated rings. The number of halogens is 2. The van der Waals surface area contributed by atoms with Crippen LogP contribution in [0.5, 0.6) is 0 Å². The minimum absolute atomic E-state index is 0.358. The molecule has 0 radical (unpaired) electrons. The van der Waals surface area contributed by atoms with E-state index in [9.17, 15) is 8.78 Å². The van der Waals surface area contributed by atoms with Crippen LogP contribution in [0.15, 0.2) is 30.9 Å². The lowest BCUT2D eigenvalue weighted by molar-refractivity contribution is 0.539. The normalized spacial score (nSPS) is 14.9. The Bertz CT molecular complexity index is 324. The summed E-state index contributed by atoms with van der Waals surface area (Å²) in [5.41, 5.74) is 0.274. The van der Waals surface area contributed by atoms with Crippen LogP contribution in [-0.4, -0.2) is 0 Å². The molecule has 76 valence electrons. The number of hydrogen-bond acceptors (Lipinski definition) is 0. The lowest BCUT2D eigenvalue weighted by Gasteiger charge is -2.24. The molecule has 1 atom stereocenters. The van der Waals surface area contributed by atoms with Gasteiger partial charge in [0.2, 0.25) is 0 Å². The van der Waals surface area contributed by atoms with Crippen molar-refractivity contribution < 1.29 is 8.78 Å². The third-order valence-electron chi connectivity index (χ3n) is 2.71. The second kappa shape index (κ2) is 3.91. The summed E-state index contributed by atoms with van der Waals surface area (Å²) in [5, 5.41) is 0. The fourth-order valence-electron chi connectivity index (χ4n) is 1.35. The molecule has 1 aromatic carbocycles. The van der Waals surface area contributed by atoms with Gasteiger partial charge in [0, 0.05) is 11.5 Å². The molecule has 2 heteroatoms. The molecule has 0 bridgehead atoms. The van der Waals surface area contributed by atoms with Gasteiger partial charge >= 0.3 is 0 Å². The lowest BCUT2D eigenvalue weighted by Crippen LogP contribution is -2.17. The van der Waals surface area contributed by atoms with Crippen molar-refractivity contribution in [1.82, 2.24) is 0 Å². The highest BCUT2D eigenvalue weighted by molar-refractivity contribution is 5.30. The van der Waals surface area contributed by atoms with E-state index in [-0.39, 0.29) is 5.41 Å². The smallest absolute Gasteiger partial charge is 0.126 e. The highest BCUT2D eigenvalue weighted by Gasteiger charge is 2.21. The fraction of sp³-hybridized carbons (Fsp3) is 0.333. The fourth-order valence-corrected chi connectivity index (χ4v) is 1.35. The van der Waals surface area contributed by atoms with Crippen LogP contribution < -0.4 is 0 Å². The van der Waals surface area contributed by atoms with Gasteiger partial charge in [0.1, 0.15) is 11.6 Å². The Morgan fingerprint density at radius 1 is 1.29 bits per heavy atom. The Kier molecular flexibility index (Phi) is 3.04. The maximum absolute atomic E-state index is 13.0.